The quantitative estimate of drug-likeness (QED) is 0.781. The van der Waals surface area contributed by atoms with Gasteiger partial charge in [0.1, 0.15) is 5.82 Å². The van der Waals surface area contributed by atoms with E-state index in [-0.39, 0.29) is 17.3 Å². The van der Waals surface area contributed by atoms with Crippen molar-refractivity contribution in [1.82, 2.24) is 5.32 Å². The van der Waals surface area contributed by atoms with E-state index in [4.69, 9.17) is 11.6 Å². The average molecular weight is 293 g/mol. The van der Waals surface area contributed by atoms with Gasteiger partial charge in [-0.3, -0.25) is 0 Å². The van der Waals surface area contributed by atoms with Crippen molar-refractivity contribution in [3.63, 3.8) is 0 Å². The number of nitrogens with one attached hydrogen (secondary N) is 2. The molecule has 0 saturated carbocycles. The summed E-state index contributed by atoms with van der Waals surface area (Å²) in [6.45, 7) is 2.06. The molecule has 2 amide bonds. The number of aliphatic hydroxyl groups is 1. The van der Waals surface area contributed by atoms with Gasteiger partial charge < -0.3 is 15.7 Å². The highest BCUT2D eigenvalue weighted by Crippen LogP contribution is 2.26. The van der Waals surface area contributed by atoms with Gasteiger partial charge in [-0.05, 0) is 18.9 Å². The Morgan fingerprint density at radius 1 is 1.47 bits per heavy atom. The van der Waals surface area contributed by atoms with Crippen LogP contribution in [0.5, 0.6) is 0 Å². The zero-order valence-corrected chi connectivity index (χ0v) is 11.1. The van der Waals surface area contributed by atoms with Gasteiger partial charge in [-0.25, -0.2) is 13.6 Å². The van der Waals surface area contributed by atoms with Crippen molar-refractivity contribution in [2.75, 3.05) is 11.9 Å². The third-order valence-electron chi connectivity index (χ3n) is 2.48. The van der Waals surface area contributed by atoms with Crippen LogP contribution in [0.25, 0.3) is 0 Å². The molecule has 0 radical (unpaired) electrons. The lowest BCUT2D eigenvalue weighted by Crippen LogP contribution is -2.31. The summed E-state index contributed by atoms with van der Waals surface area (Å²) in [5, 5.41) is 13.7. The summed E-state index contributed by atoms with van der Waals surface area (Å²) in [6.07, 6.45) is 0.483. The van der Waals surface area contributed by atoms with Crippen LogP contribution in [0.15, 0.2) is 12.1 Å². The molecule has 1 unspecified atom stereocenters. The van der Waals surface area contributed by atoms with Crippen LogP contribution in [0.2, 0.25) is 5.02 Å². The Hall–Kier alpha value is -1.40. The van der Waals surface area contributed by atoms with Crippen molar-refractivity contribution in [2.24, 2.45) is 0 Å². The first-order valence-electron chi connectivity index (χ1n) is 5.81. The van der Waals surface area contributed by atoms with Crippen LogP contribution < -0.4 is 10.6 Å². The predicted molar refractivity (Wildman–Crippen MR) is 69.3 cm³/mol. The maximum Gasteiger partial charge on any atom is 0.319 e. The number of halogens is 3. The predicted octanol–water partition coefficient (Wildman–Crippen LogP) is 2.90. The van der Waals surface area contributed by atoms with E-state index in [2.05, 4.69) is 10.6 Å². The summed E-state index contributed by atoms with van der Waals surface area (Å²) in [6, 6.07) is 0.861. The molecule has 19 heavy (non-hydrogen) atoms. The molecule has 0 heterocycles. The zero-order chi connectivity index (χ0) is 14.4. The zero-order valence-electron chi connectivity index (χ0n) is 10.3. The third kappa shape index (κ3) is 5.00. The number of amides is 2. The van der Waals surface area contributed by atoms with Crippen molar-refractivity contribution >= 4 is 23.3 Å². The first kappa shape index (κ1) is 15.7. The maximum absolute atomic E-state index is 13.4. The molecule has 1 atom stereocenters. The van der Waals surface area contributed by atoms with Crippen molar-refractivity contribution in [3.05, 3.63) is 28.8 Å². The number of aliphatic hydroxyl groups excluding tert-OH is 1. The highest BCUT2D eigenvalue weighted by Gasteiger charge is 2.12. The van der Waals surface area contributed by atoms with Gasteiger partial charge in [-0.2, -0.15) is 0 Å². The fraction of sp³-hybridized carbons (Fsp3) is 0.417. The molecule has 0 bridgehead atoms. The van der Waals surface area contributed by atoms with Crippen LogP contribution in [0.4, 0.5) is 19.3 Å². The molecule has 0 aliphatic rings. The second-order valence-electron chi connectivity index (χ2n) is 3.98. The van der Waals surface area contributed by atoms with E-state index in [1.807, 2.05) is 6.92 Å². The van der Waals surface area contributed by atoms with Crippen molar-refractivity contribution in [1.29, 1.82) is 0 Å². The Balaban J connectivity index is 2.53. The van der Waals surface area contributed by atoms with E-state index in [1.165, 1.54) is 0 Å². The summed E-state index contributed by atoms with van der Waals surface area (Å²) in [5.41, 5.74) is -0.281. The third-order valence-corrected chi connectivity index (χ3v) is 2.78. The van der Waals surface area contributed by atoms with Crippen LogP contribution >= 0.6 is 11.6 Å². The van der Waals surface area contributed by atoms with E-state index in [1.54, 1.807) is 0 Å². The largest absolute Gasteiger partial charge is 0.393 e. The lowest BCUT2D eigenvalue weighted by Gasteiger charge is -2.11. The topological polar surface area (TPSA) is 61.4 Å². The second kappa shape index (κ2) is 7.25. The van der Waals surface area contributed by atoms with Gasteiger partial charge in [0, 0.05) is 12.6 Å². The first-order chi connectivity index (χ1) is 8.93. The van der Waals surface area contributed by atoms with Gasteiger partial charge in [0.2, 0.25) is 0 Å². The van der Waals surface area contributed by atoms with Crippen LogP contribution in [0, 0.1) is 11.6 Å². The second-order valence-corrected chi connectivity index (χ2v) is 4.38. The lowest BCUT2D eigenvalue weighted by atomic mass is 10.2. The lowest BCUT2D eigenvalue weighted by molar-refractivity contribution is 0.160. The van der Waals surface area contributed by atoms with Gasteiger partial charge in [0.15, 0.2) is 5.82 Å². The van der Waals surface area contributed by atoms with Gasteiger partial charge in [0.25, 0.3) is 0 Å². The number of anilines is 1. The molecule has 106 valence electrons. The fourth-order valence-electron chi connectivity index (χ4n) is 1.38. The van der Waals surface area contributed by atoms with E-state index in [0.29, 0.717) is 18.9 Å². The minimum absolute atomic E-state index is 0.221. The highest BCUT2D eigenvalue weighted by atomic mass is 35.5. The molecular formula is C12H15ClF2N2O2. The Morgan fingerprint density at radius 2 is 2.16 bits per heavy atom. The summed E-state index contributed by atoms with van der Waals surface area (Å²) >= 11 is 5.62. The normalized spacial score (nSPS) is 12.1. The average Bonchev–Trinajstić information content (AvgIpc) is 2.33. The van der Waals surface area contributed by atoms with Crippen LogP contribution in [-0.4, -0.2) is 23.8 Å². The molecule has 1 aromatic carbocycles. The molecule has 1 aromatic rings. The monoisotopic (exact) mass is 292 g/mol. The Kier molecular flexibility index (Phi) is 5.98. The van der Waals surface area contributed by atoms with E-state index in [0.717, 1.165) is 6.07 Å². The molecule has 7 heteroatoms. The van der Waals surface area contributed by atoms with Crippen LogP contribution in [0.3, 0.4) is 0 Å². The minimum Gasteiger partial charge on any atom is -0.393 e. The number of hydrogen-bond acceptors (Lipinski definition) is 2. The molecular weight excluding hydrogens is 278 g/mol. The maximum atomic E-state index is 13.4. The Bertz CT molecular complexity index is 434. The molecule has 3 N–H and O–H groups in total. The van der Waals surface area contributed by atoms with E-state index in [9.17, 15) is 18.7 Å². The van der Waals surface area contributed by atoms with Crippen LogP contribution in [-0.2, 0) is 0 Å². The van der Waals surface area contributed by atoms with Gasteiger partial charge in [-0.15, -0.1) is 0 Å². The number of benzene rings is 1. The highest BCUT2D eigenvalue weighted by molar-refractivity contribution is 6.33. The Morgan fingerprint density at radius 3 is 2.74 bits per heavy atom. The van der Waals surface area contributed by atoms with E-state index >= 15 is 0 Å². The molecule has 0 aliphatic heterocycles. The fourth-order valence-corrected chi connectivity index (χ4v) is 1.62. The molecule has 0 fully saturated rings. The van der Waals surface area contributed by atoms with Crippen molar-refractivity contribution < 1.29 is 18.7 Å². The molecule has 0 aliphatic carbocycles. The van der Waals surface area contributed by atoms with Crippen molar-refractivity contribution in [3.8, 4) is 0 Å². The first-order valence-corrected chi connectivity index (χ1v) is 6.19. The minimum atomic E-state index is -0.950. The molecule has 0 aromatic heterocycles. The summed E-state index contributed by atoms with van der Waals surface area (Å²) in [4.78, 5) is 11.4. The summed E-state index contributed by atoms with van der Waals surface area (Å²) in [5.74, 6) is -1.77. The molecule has 0 spiro atoms. The molecule has 0 saturated heterocycles. The summed E-state index contributed by atoms with van der Waals surface area (Å²) < 4.78 is 26.2. The molecule has 1 rings (SSSR count). The summed E-state index contributed by atoms with van der Waals surface area (Å²) in [7, 11) is 0. The number of carbonyl (C=O) groups excluding carboxylic acids is 1. The smallest absolute Gasteiger partial charge is 0.319 e. The SMILES string of the molecule is CCC(O)CCNC(=O)Nc1c(F)cc(F)cc1Cl. The standard InChI is InChI=1S/C12H15ClF2N2O2/c1-2-8(18)3-4-16-12(19)17-11-9(13)5-7(14)6-10(11)15/h5-6,8,18H,2-4H2,1H3,(H2,16,17,19). The number of urea groups is 1. The van der Waals surface area contributed by atoms with Gasteiger partial charge >= 0.3 is 6.03 Å². The number of hydrogen-bond donors (Lipinski definition) is 3. The van der Waals surface area contributed by atoms with Gasteiger partial charge in [0.05, 0.1) is 16.8 Å². The Labute approximate surface area is 114 Å². The van der Waals surface area contributed by atoms with Crippen molar-refractivity contribution in [2.45, 2.75) is 25.9 Å². The number of carbonyl (C=O) groups is 1. The van der Waals surface area contributed by atoms with Gasteiger partial charge in [-0.1, -0.05) is 18.5 Å². The van der Waals surface area contributed by atoms with Crippen LogP contribution in [0.1, 0.15) is 19.8 Å². The number of rotatable bonds is 5. The van der Waals surface area contributed by atoms with E-state index < -0.39 is 23.8 Å². The molecule has 4 nitrogen and oxygen atoms in total.